The third-order valence-corrected chi connectivity index (χ3v) is 2.42. The minimum Gasteiger partial charge on any atom is -0.497 e. The Labute approximate surface area is 111 Å². The molecule has 1 aromatic heterocycles. The maximum absolute atomic E-state index is 5.88. The second-order valence-corrected chi connectivity index (χ2v) is 3.75. The van der Waals surface area contributed by atoms with Gasteiger partial charge in [-0.05, 0) is 19.1 Å². The van der Waals surface area contributed by atoms with Crippen molar-refractivity contribution in [1.29, 1.82) is 0 Å². The molecule has 0 unspecified atom stereocenters. The number of benzene rings is 1. The molecule has 5 nitrogen and oxygen atoms in total. The van der Waals surface area contributed by atoms with Gasteiger partial charge in [-0.15, -0.1) is 0 Å². The molecule has 1 aromatic carbocycles. The van der Waals surface area contributed by atoms with Crippen LogP contribution in [0.25, 0.3) is 0 Å². The lowest BCUT2D eigenvalue weighted by atomic mass is 10.3. The Morgan fingerprint density at radius 2 is 1.95 bits per heavy atom. The van der Waals surface area contributed by atoms with E-state index in [-0.39, 0.29) is 0 Å². The van der Waals surface area contributed by atoms with Crippen molar-refractivity contribution in [2.75, 3.05) is 19.5 Å². The zero-order valence-electron chi connectivity index (χ0n) is 10.9. The van der Waals surface area contributed by atoms with Crippen molar-refractivity contribution < 1.29 is 14.2 Å². The number of rotatable bonds is 5. The van der Waals surface area contributed by atoms with E-state index in [2.05, 4.69) is 4.98 Å². The topological polar surface area (TPSA) is 66.6 Å². The van der Waals surface area contributed by atoms with Crippen LogP contribution in [-0.4, -0.2) is 18.7 Å². The standard InChI is InChI=1S/C14H16N2O3/c1-3-18-13-5-4-6-14(16-13)19-12-8-7-10(17-2)9-11(12)15/h4-9H,3,15H2,1-2H3. The molecule has 2 rings (SSSR count). The van der Waals surface area contributed by atoms with Crippen LogP contribution in [0.1, 0.15) is 6.92 Å². The molecule has 0 spiro atoms. The summed E-state index contributed by atoms with van der Waals surface area (Å²) in [7, 11) is 1.59. The Morgan fingerprint density at radius 3 is 2.63 bits per heavy atom. The zero-order valence-corrected chi connectivity index (χ0v) is 10.9. The average Bonchev–Trinajstić information content (AvgIpc) is 2.42. The Morgan fingerprint density at radius 1 is 1.16 bits per heavy atom. The fourth-order valence-corrected chi connectivity index (χ4v) is 1.54. The smallest absolute Gasteiger partial charge is 0.222 e. The average molecular weight is 260 g/mol. The molecule has 0 saturated heterocycles. The van der Waals surface area contributed by atoms with Gasteiger partial charge in [0.1, 0.15) is 5.75 Å². The van der Waals surface area contributed by atoms with Crippen LogP contribution in [0.2, 0.25) is 0 Å². The molecule has 0 radical (unpaired) electrons. The van der Waals surface area contributed by atoms with E-state index in [1.807, 2.05) is 13.0 Å². The summed E-state index contributed by atoms with van der Waals surface area (Å²) in [4.78, 5) is 4.21. The van der Waals surface area contributed by atoms with Crippen LogP contribution < -0.4 is 19.9 Å². The lowest BCUT2D eigenvalue weighted by molar-refractivity contribution is 0.321. The molecule has 2 aromatic rings. The molecule has 0 fully saturated rings. The summed E-state index contributed by atoms with van der Waals surface area (Å²) in [5, 5.41) is 0. The highest BCUT2D eigenvalue weighted by Gasteiger charge is 2.05. The molecule has 0 aliphatic heterocycles. The molecule has 0 amide bonds. The number of anilines is 1. The third kappa shape index (κ3) is 3.28. The van der Waals surface area contributed by atoms with Gasteiger partial charge in [0.25, 0.3) is 0 Å². The van der Waals surface area contributed by atoms with Crippen LogP contribution >= 0.6 is 0 Å². The lowest BCUT2D eigenvalue weighted by Crippen LogP contribution is -1.97. The van der Waals surface area contributed by atoms with Crippen molar-refractivity contribution in [3.8, 4) is 23.3 Å². The van der Waals surface area contributed by atoms with E-state index < -0.39 is 0 Å². The van der Waals surface area contributed by atoms with Crippen molar-refractivity contribution in [2.24, 2.45) is 0 Å². The number of methoxy groups -OCH3 is 1. The van der Waals surface area contributed by atoms with Gasteiger partial charge in [0.05, 0.1) is 19.4 Å². The largest absolute Gasteiger partial charge is 0.497 e. The number of nitrogens with zero attached hydrogens (tertiary/aromatic N) is 1. The Kier molecular flexibility index (Phi) is 4.07. The molecular formula is C14H16N2O3. The maximum atomic E-state index is 5.88. The van der Waals surface area contributed by atoms with E-state index >= 15 is 0 Å². The van der Waals surface area contributed by atoms with Gasteiger partial charge < -0.3 is 19.9 Å². The summed E-state index contributed by atoms with van der Waals surface area (Å²) in [6.07, 6.45) is 0. The number of nitrogen functional groups attached to an aromatic ring is 1. The van der Waals surface area contributed by atoms with Crippen molar-refractivity contribution in [1.82, 2.24) is 4.98 Å². The van der Waals surface area contributed by atoms with Gasteiger partial charge in [-0.3, -0.25) is 0 Å². The summed E-state index contributed by atoms with van der Waals surface area (Å²) in [5.41, 5.74) is 6.37. The minimum absolute atomic E-state index is 0.433. The van der Waals surface area contributed by atoms with Gasteiger partial charge in [0.2, 0.25) is 11.8 Å². The van der Waals surface area contributed by atoms with Gasteiger partial charge in [0, 0.05) is 18.2 Å². The van der Waals surface area contributed by atoms with Crippen LogP contribution in [0.4, 0.5) is 5.69 Å². The van der Waals surface area contributed by atoms with E-state index in [0.29, 0.717) is 35.6 Å². The number of pyridine rings is 1. The number of hydrogen-bond donors (Lipinski definition) is 1. The van der Waals surface area contributed by atoms with Gasteiger partial charge in [-0.25, -0.2) is 0 Å². The fourth-order valence-electron chi connectivity index (χ4n) is 1.54. The normalized spacial score (nSPS) is 10.0. The second kappa shape index (κ2) is 5.95. The molecule has 0 atom stereocenters. The van der Waals surface area contributed by atoms with Crippen LogP contribution in [0.5, 0.6) is 23.3 Å². The van der Waals surface area contributed by atoms with Crippen LogP contribution in [0.3, 0.4) is 0 Å². The number of ether oxygens (including phenoxy) is 3. The molecule has 0 aliphatic carbocycles. The molecule has 5 heteroatoms. The van der Waals surface area contributed by atoms with Crippen molar-refractivity contribution in [3.63, 3.8) is 0 Å². The Hall–Kier alpha value is -2.43. The van der Waals surface area contributed by atoms with Gasteiger partial charge >= 0.3 is 0 Å². The first kappa shape index (κ1) is 13.0. The highest BCUT2D eigenvalue weighted by molar-refractivity contribution is 5.57. The number of aromatic nitrogens is 1. The van der Waals surface area contributed by atoms with Gasteiger partial charge in [-0.1, -0.05) is 6.07 Å². The molecule has 0 saturated carbocycles. The van der Waals surface area contributed by atoms with Gasteiger partial charge in [0.15, 0.2) is 5.75 Å². The predicted molar refractivity (Wildman–Crippen MR) is 72.9 cm³/mol. The van der Waals surface area contributed by atoms with E-state index in [9.17, 15) is 0 Å². The highest BCUT2D eigenvalue weighted by Crippen LogP contribution is 2.30. The predicted octanol–water partition coefficient (Wildman–Crippen LogP) is 2.86. The molecule has 0 aliphatic rings. The Bertz CT molecular complexity index is 558. The quantitative estimate of drug-likeness (QED) is 0.837. The molecule has 19 heavy (non-hydrogen) atoms. The van der Waals surface area contributed by atoms with Crippen LogP contribution in [0.15, 0.2) is 36.4 Å². The van der Waals surface area contributed by atoms with E-state index in [1.54, 1.807) is 37.4 Å². The Balaban J connectivity index is 2.18. The summed E-state index contributed by atoms with van der Waals surface area (Å²) >= 11 is 0. The summed E-state index contributed by atoms with van der Waals surface area (Å²) in [6.45, 7) is 2.46. The van der Waals surface area contributed by atoms with Gasteiger partial charge in [-0.2, -0.15) is 4.98 Å². The van der Waals surface area contributed by atoms with E-state index in [1.165, 1.54) is 0 Å². The zero-order chi connectivity index (χ0) is 13.7. The monoisotopic (exact) mass is 260 g/mol. The van der Waals surface area contributed by atoms with Crippen LogP contribution in [0, 0.1) is 0 Å². The van der Waals surface area contributed by atoms with Crippen molar-refractivity contribution in [2.45, 2.75) is 6.92 Å². The molecular weight excluding hydrogens is 244 g/mol. The number of hydrogen-bond acceptors (Lipinski definition) is 5. The van der Waals surface area contributed by atoms with Crippen molar-refractivity contribution >= 4 is 5.69 Å². The van der Waals surface area contributed by atoms with E-state index in [4.69, 9.17) is 19.9 Å². The molecule has 1 heterocycles. The molecule has 0 bridgehead atoms. The maximum Gasteiger partial charge on any atom is 0.222 e. The first-order valence-corrected chi connectivity index (χ1v) is 5.94. The SMILES string of the molecule is CCOc1cccc(Oc2ccc(OC)cc2N)n1. The first-order chi connectivity index (χ1) is 9.22. The molecule has 100 valence electrons. The summed E-state index contributed by atoms with van der Waals surface area (Å²) in [5.74, 6) is 2.16. The fraction of sp³-hybridized carbons (Fsp3) is 0.214. The lowest BCUT2D eigenvalue weighted by Gasteiger charge is -2.10. The third-order valence-electron chi connectivity index (χ3n) is 2.42. The first-order valence-electron chi connectivity index (χ1n) is 5.94. The number of nitrogens with two attached hydrogens (primary N) is 1. The summed E-state index contributed by atoms with van der Waals surface area (Å²) < 4.78 is 16.0. The van der Waals surface area contributed by atoms with E-state index in [0.717, 1.165) is 0 Å². The van der Waals surface area contributed by atoms with Crippen molar-refractivity contribution in [3.05, 3.63) is 36.4 Å². The minimum atomic E-state index is 0.433. The highest BCUT2D eigenvalue weighted by atomic mass is 16.5. The second-order valence-electron chi connectivity index (χ2n) is 3.75. The van der Waals surface area contributed by atoms with Crippen LogP contribution in [-0.2, 0) is 0 Å². The summed E-state index contributed by atoms with van der Waals surface area (Å²) in [6, 6.07) is 10.5. The molecule has 2 N–H and O–H groups in total.